The number of benzene rings is 2. The average molecular weight is 380 g/mol. The van der Waals surface area contributed by atoms with Crippen molar-refractivity contribution in [1.82, 2.24) is 15.0 Å². The second-order valence-electron chi connectivity index (χ2n) is 5.51. The zero-order chi connectivity index (χ0) is 17.9. The molecule has 0 aliphatic rings. The topological polar surface area (TPSA) is 76.7 Å². The lowest BCUT2D eigenvalue weighted by molar-refractivity contribution is 1.06. The molecule has 7 heteroatoms. The smallest absolute Gasteiger partial charge is 0.158 e. The molecule has 0 atom stereocenters. The van der Waals surface area contributed by atoms with Gasteiger partial charge in [-0.05, 0) is 36.4 Å². The highest BCUT2D eigenvalue weighted by molar-refractivity contribution is 7.99. The SMILES string of the molecule is Nc1c(Nc2ccc(Cl)cc2)ncnc1Sc1cccc2cccnc12. The summed E-state index contributed by atoms with van der Waals surface area (Å²) < 4.78 is 0. The summed E-state index contributed by atoms with van der Waals surface area (Å²) in [4.78, 5) is 14.0. The van der Waals surface area contributed by atoms with Crippen LogP contribution < -0.4 is 11.1 Å². The van der Waals surface area contributed by atoms with Gasteiger partial charge in [-0.25, -0.2) is 9.97 Å². The Bertz CT molecular complexity index is 1060. The molecule has 0 bridgehead atoms. The number of hydrogen-bond acceptors (Lipinski definition) is 6. The van der Waals surface area contributed by atoms with Gasteiger partial charge in [0.25, 0.3) is 0 Å². The minimum Gasteiger partial charge on any atom is -0.394 e. The fourth-order valence-electron chi connectivity index (χ4n) is 2.49. The first-order valence-corrected chi connectivity index (χ1v) is 9.05. The lowest BCUT2D eigenvalue weighted by Gasteiger charge is -2.11. The van der Waals surface area contributed by atoms with E-state index in [2.05, 4.69) is 20.3 Å². The number of nitrogens with one attached hydrogen (secondary N) is 1. The van der Waals surface area contributed by atoms with Crippen LogP contribution in [0.25, 0.3) is 10.9 Å². The quantitative estimate of drug-likeness (QED) is 0.477. The molecule has 2 aromatic carbocycles. The number of nitrogens with zero attached hydrogens (tertiary/aromatic N) is 3. The molecule has 0 amide bonds. The van der Waals surface area contributed by atoms with E-state index in [4.69, 9.17) is 17.3 Å². The Kier molecular flexibility index (Phi) is 4.60. The van der Waals surface area contributed by atoms with Gasteiger partial charge in [0.2, 0.25) is 0 Å². The van der Waals surface area contributed by atoms with E-state index in [0.717, 1.165) is 21.5 Å². The highest BCUT2D eigenvalue weighted by Crippen LogP contribution is 2.36. The van der Waals surface area contributed by atoms with Crippen molar-refractivity contribution in [3.8, 4) is 0 Å². The van der Waals surface area contributed by atoms with Crippen LogP contribution in [0.4, 0.5) is 17.2 Å². The van der Waals surface area contributed by atoms with Crippen LogP contribution in [0.15, 0.2) is 77.0 Å². The summed E-state index contributed by atoms with van der Waals surface area (Å²) in [7, 11) is 0. The van der Waals surface area contributed by atoms with Gasteiger partial charge in [-0.15, -0.1) is 0 Å². The summed E-state index contributed by atoms with van der Waals surface area (Å²) in [5.74, 6) is 0.554. The highest BCUT2D eigenvalue weighted by Gasteiger charge is 2.12. The fourth-order valence-corrected chi connectivity index (χ4v) is 3.55. The van der Waals surface area contributed by atoms with Crippen LogP contribution in [0, 0.1) is 0 Å². The van der Waals surface area contributed by atoms with Gasteiger partial charge in [-0.1, -0.05) is 41.6 Å². The third kappa shape index (κ3) is 3.42. The number of aromatic nitrogens is 3. The Morgan fingerprint density at radius 3 is 2.58 bits per heavy atom. The zero-order valence-corrected chi connectivity index (χ0v) is 15.1. The van der Waals surface area contributed by atoms with E-state index < -0.39 is 0 Å². The van der Waals surface area contributed by atoms with Crippen molar-refractivity contribution in [3.05, 3.63) is 72.1 Å². The maximum absolute atomic E-state index is 6.30. The molecule has 0 saturated heterocycles. The molecule has 26 heavy (non-hydrogen) atoms. The second-order valence-corrected chi connectivity index (χ2v) is 6.97. The minimum atomic E-state index is 0.486. The Morgan fingerprint density at radius 2 is 1.73 bits per heavy atom. The first-order chi connectivity index (χ1) is 12.7. The van der Waals surface area contributed by atoms with Crippen molar-refractivity contribution in [2.75, 3.05) is 11.1 Å². The number of fused-ring (bicyclic) bond motifs is 1. The molecule has 0 radical (unpaired) electrons. The Hall–Kier alpha value is -2.83. The molecule has 5 nitrogen and oxygen atoms in total. The van der Waals surface area contributed by atoms with Gasteiger partial charge in [0.15, 0.2) is 5.82 Å². The number of rotatable bonds is 4. The molecule has 0 unspecified atom stereocenters. The lowest BCUT2D eigenvalue weighted by atomic mass is 10.2. The van der Waals surface area contributed by atoms with Gasteiger partial charge in [-0.3, -0.25) is 4.98 Å². The van der Waals surface area contributed by atoms with E-state index in [-0.39, 0.29) is 0 Å². The molecule has 2 heterocycles. The van der Waals surface area contributed by atoms with Crippen molar-refractivity contribution < 1.29 is 0 Å². The third-order valence-electron chi connectivity index (χ3n) is 3.76. The average Bonchev–Trinajstić information content (AvgIpc) is 2.67. The van der Waals surface area contributed by atoms with Crippen LogP contribution in [0.5, 0.6) is 0 Å². The summed E-state index contributed by atoms with van der Waals surface area (Å²) in [6, 6.07) is 17.3. The fraction of sp³-hybridized carbons (Fsp3) is 0. The van der Waals surface area contributed by atoms with Crippen LogP contribution in [-0.4, -0.2) is 15.0 Å². The predicted octanol–water partition coefficient (Wildman–Crippen LogP) is 5.16. The van der Waals surface area contributed by atoms with Crippen LogP contribution >= 0.6 is 23.4 Å². The first-order valence-electron chi connectivity index (χ1n) is 7.85. The lowest BCUT2D eigenvalue weighted by Crippen LogP contribution is -2.02. The van der Waals surface area contributed by atoms with Gasteiger partial charge in [0, 0.05) is 27.2 Å². The van der Waals surface area contributed by atoms with Crippen molar-refractivity contribution in [2.24, 2.45) is 0 Å². The van der Waals surface area contributed by atoms with Gasteiger partial charge in [-0.2, -0.15) is 0 Å². The molecule has 0 aliphatic carbocycles. The third-order valence-corrected chi connectivity index (χ3v) is 5.08. The minimum absolute atomic E-state index is 0.486. The molecule has 0 fully saturated rings. The van der Waals surface area contributed by atoms with Crippen LogP contribution in [0.3, 0.4) is 0 Å². The maximum atomic E-state index is 6.30. The molecule has 2 aromatic heterocycles. The standard InChI is InChI=1S/C19H14ClN5S/c20-13-6-8-14(9-7-13)25-18-16(21)19(24-11-23-18)26-15-5-1-3-12-4-2-10-22-17(12)15/h1-11H,21H2,(H,23,24,25). The van der Waals surface area contributed by atoms with E-state index in [0.29, 0.717) is 21.6 Å². The number of pyridine rings is 1. The number of halogens is 1. The molecule has 4 aromatic rings. The number of para-hydroxylation sites is 1. The molecule has 0 saturated carbocycles. The van der Waals surface area contributed by atoms with Crippen LogP contribution in [-0.2, 0) is 0 Å². The first kappa shape index (κ1) is 16.6. The molecule has 0 spiro atoms. The van der Waals surface area contributed by atoms with Crippen molar-refractivity contribution >= 4 is 51.5 Å². The Labute approximate surface area is 159 Å². The van der Waals surface area contributed by atoms with E-state index in [1.807, 2.05) is 42.5 Å². The number of nitrogens with two attached hydrogens (primary N) is 1. The van der Waals surface area contributed by atoms with Crippen LogP contribution in [0.2, 0.25) is 5.02 Å². The number of nitrogen functional groups attached to an aromatic ring is 1. The van der Waals surface area contributed by atoms with Crippen molar-refractivity contribution in [3.63, 3.8) is 0 Å². The number of anilines is 3. The van der Waals surface area contributed by atoms with Gasteiger partial charge in [0.05, 0.1) is 5.52 Å². The van der Waals surface area contributed by atoms with E-state index in [9.17, 15) is 0 Å². The molecule has 128 valence electrons. The second kappa shape index (κ2) is 7.19. The summed E-state index contributed by atoms with van der Waals surface area (Å²) in [5.41, 5.74) is 8.56. The summed E-state index contributed by atoms with van der Waals surface area (Å²) in [6.45, 7) is 0. The normalized spacial score (nSPS) is 10.8. The highest BCUT2D eigenvalue weighted by atomic mass is 35.5. The van der Waals surface area contributed by atoms with E-state index in [1.54, 1.807) is 18.3 Å². The molecule has 3 N–H and O–H groups in total. The predicted molar refractivity (Wildman–Crippen MR) is 107 cm³/mol. The van der Waals surface area contributed by atoms with E-state index >= 15 is 0 Å². The van der Waals surface area contributed by atoms with Crippen LogP contribution in [0.1, 0.15) is 0 Å². The van der Waals surface area contributed by atoms with Crippen molar-refractivity contribution in [1.29, 1.82) is 0 Å². The Morgan fingerprint density at radius 1 is 0.923 bits per heavy atom. The summed E-state index contributed by atoms with van der Waals surface area (Å²) in [5, 5.41) is 5.62. The Balaban J connectivity index is 1.66. The molecule has 4 rings (SSSR count). The summed E-state index contributed by atoms with van der Waals surface area (Å²) >= 11 is 7.39. The number of hydrogen-bond donors (Lipinski definition) is 2. The van der Waals surface area contributed by atoms with Gasteiger partial charge < -0.3 is 11.1 Å². The van der Waals surface area contributed by atoms with Gasteiger partial charge >= 0.3 is 0 Å². The largest absolute Gasteiger partial charge is 0.394 e. The monoisotopic (exact) mass is 379 g/mol. The molecular formula is C19H14ClN5S. The zero-order valence-electron chi connectivity index (χ0n) is 13.6. The molecular weight excluding hydrogens is 366 g/mol. The maximum Gasteiger partial charge on any atom is 0.158 e. The summed E-state index contributed by atoms with van der Waals surface area (Å²) in [6.07, 6.45) is 3.28. The van der Waals surface area contributed by atoms with E-state index in [1.165, 1.54) is 18.1 Å². The van der Waals surface area contributed by atoms with Crippen molar-refractivity contribution in [2.45, 2.75) is 9.92 Å². The molecule has 0 aliphatic heterocycles. The van der Waals surface area contributed by atoms with Gasteiger partial charge in [0.1, 0.15) is 17.0 Å².